The number of carbonyl (C=O) groups excluding carboxylic acids is 1. The molecule has 0 radical (unpaired) electrons. The van der Waals surface area contributed by atoms with Crippen molar-refractivity contribution >= 4 is 21.8 Å². The van der Waals surface area contributed by atoms with Crippen molar-refractivity contribution in [2.45, 2.75) is 18.3 Å². The van der Waals surface area contributed by atoms with E-state index in [2.05, 4.69) is 21.3 Å². The zero-order chi connectivity index (χ0) is 6.57. The molecule has 0 aromatic heterocycles. The molecule has 0 bridgehead atoms. The Morgan fingerprint density at radius 1 is 1.88 bits per heavy atom. The summed E-state index contributed by atoms with van der Waals surface area (Å²) in [7, 11) is 1.79. The standard InChI is InChI=1S/C5H11NOSe/c1-4(7)5(3-8)6-2/h5-6,8H,3H2,1-2H3. The zero-order valence-corrected chi connectivity index (χ0v) is 7.02. The average molecular weight is 180 g/mol. The van der Waals surface area contributed by atoms with Gasteiger partial charge >= 0.3 is 57.2 Å². The third-order valence-corrected chi connectivity index (χ3v) is 1.79. The van der Waals surface area contributed by atoms with Gasteiger partial charge in [0.05, 0.1) is 0 Å². The average Bonchev–Trinajstić information content (AvgIpc) is 1.69. The number of hydrogen-bond acceptors (Lipinski definition) is 2. The molecule has 0 fully saturated rings. The van der Waals surface area contributed by atoms with Crippen molar-refractivity contribution in [3.05, 3.63) is 0 Å². The Kier molecular flexibility index (Phi) is 4.15. The minimum atomic E-state index is 0.0370. The molecule has 1 N–H and O–H groups in total. The molecule has 0 aromatic carbocycles. The number of carbonyl (C=O) groups is 1. The van der Waals surface area contributed by atoms with Gasteiger partial charge in [-0.1, -0.05) is 0 Å². The van der Waals surface area contributed by atoms with Crippen LogP contribution in [0.5, 0.6) is 0 Å². The number of Topliss-reactive ketones (excluding diaryl/α,β-unsaturated/α-hetero) is 1. The van der Waals surface area contributed by atoms with Gasteiger partial charge < -0.3 is 0 Å². The first-order valence-electron chi connectivity index (χ1n) is 2.51. The summed E-state index contributed by atoms with van der Waals surface area (Å²) in [5.41, 5.74) is 0. The predicted molar refractivity (Wildman–Crippen MR) is 35.5 cm³/mol. The summed E-state index contributed by atoms with van der Waals surface area (Å²) in [5.74, 6) is 0.202. The first-order valence-corrected chi connectivity index (χ1v) is 3.83. The van der Waals surface area contributed by atoms with Gasteiger partial charge in [-0.3, -0.25) is 0 Å². The Bertz CT molecular complexity index is 80.5. The van der Waals surface area contributed by atoms with Crippen LogP contribution in [0.4, 0.5) is 0 Å². The van der Waals surface area contributed by atoms with Gasteiger partial charge in [-0.05, 0) is 0 Å². The molecule has 48 valence electrons. The van der Waals surface area contributed by atoms with Crippen molar-refractivity contribution in [1.82, 2.24) is 5.32 Å². The van der Waals surface area contributed by atoms with Gasteiger partial charge in [0.2, 0.25) is 0 Å². The summed E-state index contributed by atoms with van der Waals surface area (Å²) in [5, 5.41) is 3.70. The Labute approximate surface area is 57.8 Å². The van der Waals surface area contributed by atoms with Crippen LogP contribution in [0.3, 0.4) is 0 Å². The van der Waals surface area contributed by atoms with Gasteiger partial charge in [0.1, 0.15) is 0 Å². The molecule has 0 saturated heterocycles. The summed E-state index contributed by atoms with van der Waals surface area (Å²) < 4.78 is 0. The van der Waals surface area contributed by atoms with Crippen LogP contribution in [0.2, 0.25) is 5.32 Å². The van der Waals surface area contributed by atoms with E-state index in [9.17, 15) is 4.79 Å². The van der Waals surface area contributed by atoms with Gasteiger partial charge in [0.15, 0.2) is 0 Å². The van der Waals surface area contributed by atoms with Gasteiger partial charge in [0, 0.05) is 0 Å². The summed E-state index contributed by atoms with van der Waals surface area (Å²) in [6, 6.07) is 0.0370. The van der Waals surface area contributed by atoms with Crippen molar-refractivity contribution in [3.8, 4) is 0 Å². The van der Waals surface area contributed by atoms with Crippen LogP contribution in [0, 0.1) is 0 Å². The van der Waals surface area contributed by atoms with Gasteiger partial charge in [-0.25, -0.2) is 0 Å². The van der Waals surface area contributed by atoms with Crippen molar-refractivity contribution in [2.24, 2.45) is 0 Å². The van der Waals surface area contributed by atoms with Crippen LogP contribution in [0.15, 0.2) is 0 Å². The quantitative estimate of drug-likeness (QED) is 0.592. The molecular formula is C5H11NOSe. The fraction of sp³-hybridized carbons (Fsp3) is 0.800. The van der Waals surface area contributed by atoms with Crippen LogP contribution in [-0.2, 0) is 4.79 Å². The zero-order valence-electron chi connectivity index (χ0n) is 5.14. The number of rotatable bonds is 3. The molecular weight excluding hydrogens is 169 g/mol. The Hall–Kier alpha value is 0.149. The molecule has 0 aromatic rings. The monoisotopic (exact) mass is 181 g/mol. The summed E-state index contributed by atoms with van der Waals surface area (Å²) >= 11 is 2.39. The maximum absolute atomic E-state index is 10.5. The van der Waals surface area contributed by atoms with E-state index in [0.717, 1.165) is 5.32 Å². The molecule has 3 heteroatoms. The van der Waals surface area contributed by atoms with Crippen molar-refractivity contribution in [1.29, 1.82) is 0 Å². The number of likely N-dealkylation sites (N-methyl/N-ethyl adjacent to an activating group) is 1. The molecule has 0 aliphatic rings. The van der Waals surface area contributed by atoms with Crippen molar-refractivity contribution in [3.63, 3.8) is 0 Å². The third kappa shape index (κ3) is 2.46. The molecule has 2 nitrogen and oxygen atoms in total. The van der Waals surface area contributed by atoms with E-state index in [0.29, 0.717) is 0 Å². The van der Waals surface area contributed by atoms with E-state index in [1.807, 2.05) is 0 Å². The van der Waals surface area contributed by atoms with E-state index in [1.165, 1.54) is 0 Å². The molecule has 1 unspecified atom stereocenters. The van der Waals surface area contributed by atoms with Crippen molar-refractivity contribution in [2.75, 3.05) is 7.05 Å². The first kappa shape index (κ1) is 8.15. The molecule has 1 atom stereocenters. The fourth-order valence-electron chi connectivity index (χ4n) is 0.423. The topological polar surface area (TPSA) is 29.1 Å². The maximum atomic E-state index is 10.5. The molecule has 0 rings (SSSR count). The Morgan fingerprint density at radius 3 is 2.38 bits per heavy atom. The third-order valence-electron chi connectivity index (χ3n) is 1.02. The van der Waals surface area contributed by atoms with Crippen LogP contribution < -0.4 is 5.32 Å². The van der Waals surface area contributed by atoms with Crippen LogP contribution in [-0.4, -0.2) is 34.9 Å². The van der Waals surface area contributed by atoms with Crippen LogP contribution in [0.1, 0.15) is 6.92 Å². The molecule has 0 amide bonds. The van der Waals surface area contributed by atoms with Crippen LogP contribution in [0.25, 0.3) is 0 Å². The first-order chi connectivity index (χ1) is 3.72. The molecule has 0 spiro atoms. The summed E-state index contributed by atoms with van der Waals surface area (Å²) in [6.45, 7) is 1.59. The number of ketones is 1. The predicted octanol–water partition coefficient (Wildman–Crippen LogP) is -0.518. The second-order valence-corrected chi connectivity index (χ2v) is 2.40. The van der Waals surface area contributed by atoms with Gasteiger partial charge in [-0.2, -0.15) is 0 Å². The van der Waals surface area contributed by atoms with E-state index < -0.39 is 0 Å². The SMILES string of the molecule is CNC(C[SeH])C(C)=O. The van der Waals surface area contributed by atoms with Crippen molar-refractivity contribution < 1.29 is 4.79 Å². The Morgan fingerprint density at radius 2 is 2.38 bits per heavy atom. The van der Waals surface area contributed by atoms with E-state index in [-0.39, 0.29) is 11.8 Å². The molecule has 0 heterocycles. The van der Waals surface area contributed by atoms with E-state index in [1.54, 1.807) is 14.0 Å². The second kappa shape index (κ2) is 4.07. The molecule has 0 aliphatic heterocycles. The Balaban J connectivity index is 3.52. The summed E-state index contributed by atoms with van der Waals surface area (Å²) in [4.78, 5) is 10.5. The van der Waals surface area contributed by atoms with Gasteiger partial charge in [-0.15, -0.1) is 0 Å². The molecule has 8 heavy (non-hydrogen) atoms. The molecule has 0 aliphatic carbocycles. The second-order valence-electron chi connectivity index (χ2n) is 1.63. The van der Waals surface area contributed by atoms with E-state index >= 15 is 0 Å². The number of nitrogens with one attached hydrogen (secondary N) is 1. The van der Waals surface area contributed by atoms with E-state index in [4.69, 9.17) is 0 Å². The molecule has 0 saturated carbocycles. The normalized spacial score (nSPS) is 13.4. The van der Waals surface area contributed by atoms with Crippen LogP contribution >= 0.6 is 0 Å². The van der Waals surface area contributed by atoms with Gasteiger partial charge in [0.25, 0.3) is 0 Å². The number of hydrogen-bond donors (Lipinski definition) is 1. The minimum absolute atomic E-state index is 0.0370. The fourth-order valence-corrected chi connectivity index (χ4v) is 1.35. The summed E-state index contributed by atoms with van der Waals surface area (Å²) in [6.07, 6.45) is 0.